The number of thiocarbonyl (C=S) groups is 1. The van der Waals surface area contributed by atoms with Crippen molar-refractivity contribution in [3.63, 3.8) is 0 Å². The first-order valence-corrected chi connectivity index (χ1v) is 5.99. The third kappa shape index (κ3) is 5.40. The maximum Gasteiger partial charge on any atom is 0.252 e. The van der Waals surface area contributed by atoms with E-state index in [-0.39, 0.29) is 5.91 Å². The first kappa shape index (κ1) is 13.6. The zero-order valence-corrected chi connectivity index (χ0v) is 10.7. The summed E-state index contributed by atoms with van der Waals surface area (Å²) in [5.74, 6) is -0.0900. The van der Waals surface area contributed by atoms with Crippen LogP contribution in [-0.4, -0.2) is 22.4 Å². The molecule has 5 heteroatoms. The van der Waals surface area contributed by atoms with Crippen molar-refractivity contribution >= 4 is 23.1 Å². The molecule has 1 heterocycles. The number of amides is 1. The Kier molecular flexibility index (Phi) is 5.56. The molecule has 4 nitrogen and oxygen atoms in total. The van der Waals surface area contributed by atoms with Crippen LogP contribution < -0.4 is 11.1 Å². The van der Waals surface area contributed by atoms with E-state index in [0.29, 0.717) is 17.1 Å². The molecule has 0 unspecified atom stereocenters. The normalized spacial score (nSPS) is 9.94. The van der Waals surface area contributed by atoms with Gasteiger partial charge in [-0.05, 0) is 38.3 Å². The minimum Gasteiger partial charge on any atom is -0.393 e. The van der Waals surface area contributed by atoms with E-state index in [1.807, 2.05) is 13.0 Å². The number of rotatable bonds is 6. The van der Waals surface area contributed by atoms with Crippen molar-refractivity contribution < 1.29 is 4.79 Å². The lowest BCUT2D eigenvalue weighted by atomic mass is 10.2. The quantitative estimate of drug-likeness (QED) is 0.595. The third-order valence-electron chi connectivity index (χ3n) is 2.31. The smallest absolute Gasteiger partial charge is 0.252 e. The molecule has 0 atom stereocenters. The van der Waals surface area contributed by atoms with Gasteiger partial charge in [0.25, 0.3) is 5.91 Å². The van der Waals surface area contributed by atoms with E-state index < -0.39 is 0 Å². The van der Waals surface area contributed by atoms with Crippen LogP contribution in [0, 0.1) is 6.92 Å². The second-order valence-corrected chi connectivity index (χ2v) is 4.39. The molecular formula is C12H17N3OS. The van der Waals surface area contributed by atoms with Gasteiger partial charge >= 0.3 is 0 Å². The molecule has 0 aliphatic carbocycles. The van der Waals surface area contributed by atoms with Gasteiger partial charge in [-0.25, -0.2) is 0 Å². The predicted octanol–water partition coefficient (Wildman–Crippen LogP) is 1.58. The molecule has 1 amide bonds. The lowest BCUT2D eigenvalue weighted by Gasteiger charge is -2.04. The summed E-state index contributed by atoms with van der Waals surface area (Å²) in [6.07, 6.45) is 4.10. The summed E-state index contributed by atoms with van der Waals surface area (Å²) in [5.41, 5.74) is 6.86. The first-order valence-electron chi connectivity index (χ1n) is 5.59. The number of hydrogen-bond acceptors (Lipinski definition) is 3. The number of nitrogens with one attached hydrogen (secondary N) is 1. The molecule has 0 aliphatic rings. The van der Waals surface area contributed by atoms with E-state index >= 15 is 0 Å². The van der Waals surface area contributed by atoms with Crippen LogP contribution in [0.1, 0.15) is 35.3 Å². The molecule has 0 fully saturated rings. The van der Waals surface area contributed by atoms with Crippen molar-refractivity contribution in [3.8, 4) is 0 Å². The lowest BCUT2D eigenvalue weighted by molar-refractivity contribution is 0.0952. The molecule has 0 saturated carbocycles. The molecular weight excluding hydrogens is 234 g/mol. The van der Waals surface area contributed by atoms with Crippen molar-refractivity contribution in [3.05, 3.63) is 29.6 Å². The average Bonchev–Trinajstić information content (AvgIpc) is 2.29. The Morgan fingerprint density at radius 2 is 2.24 bits per heavy atom. The Balaban J connectivity index is 2.25. The molecule has 1 aromatic rings. The van der Waals surface area contributed by atoms with Gasteiger partial charge < -0.3 is 11.1 Å². The van der Waals surface area contributed by atoms with Crippen molar-refractivity contribution in [1.82, 2.24) is 10.3 Å². The second-order valence-electron chi connectivity index (χ2n) is 3.87. The highest BCUT2D eigenvalue weighted by atomic mass is 32.1. The highest BCUT2D eigenvalue weighted by Gasteiger charge is 2.04. The van der Waals surface area contributed by atoms with Crippen LogP contribution in [0.2, 0.25) is 0 Å². The number of aromatic nitrogens is 1. The van der Waals surface area contributed by atoms with Crippen molar-refractivity contribution in [2.24, 2.45) is 5.73 Å². The van der Waals surface area contributed by atoms with Crippen molar-refractivity contribution in [1.29, 1.82) is 0 Å². The zero-order valence-electron chi connectivity index (χ0n) is 9.90. The van der Waals surface area contributed by atoms with Gasteiger partial charge in [0.05, 0.1) is 10.6 Å². The number of aryl methyl sites for hydroxylation is 1. The third-order valence-corrected chi connectivity index (χ3v) is 2.51. The molecule has 17 heavy (non-hydrogen) atoms. The van der Waals surface area contributed by atoms with Crippen molar-refractivity contribution in [2.45, 2.75) is 26.2 Å². The predicted molar refractivity (Wildman–Crippen MR) is 71.9 cm³/mol. The lowest BCUT2D eigenvalue weighted by Crippen LogP contribution is -2.24. The maximum absolute atomic E-state index is 11.7. The zero-order chi connectivity index (χ0) is 12.7. The maximum atomic E-state index is 11.7. The van der Waals surface area contributed by atoms with Gasteiger partial charge in [-0.15, -0.1) is 0 Å². The fraction of sp³-hybridized carbons (Fsp3) is 0.417. The van der Waals surface area contributed by atoms with Gasteiger partial charge in [-0.3, -0.25) is 9.78 Å². The Bertz CT molecular complexity index is 389. The van der Waals surface area contributed by atoms with E-state index in [0.717, 1.165) is 25.0 Å². The Labute approximate surface area is 107 Å². The van der Waals surface area contributed by atoms with Crippen LogP contribution in [-0.2, 0) is 0 Å². The van der Waals surface area contributed by atoms with Crippen molar-refractivity contribution in [2.75, 3.05) is 6.54 Å². The molecule has 3 N–H and O–H groups in total. The number of nitrogens with two attached hydrogens (primary N) is 1. The fourth-order valence-corrected chi connectivity index (χ4v) is 1.47. The molecule has 1 rings (SSSR count). The minimum absolute atomic E-state index is 0.0900. The summed E-state index contributed by atoms with van der Waals surface area (Å²) in [6, 6.07) is 3.59. The van der Waals surface area contributed by atoms with Gasteiger partial charge in [0.15, 0.2) is 0 Å². The molecule has 1 aromatic heterocycles. The van der Waals surface area contributed by atoms with E-state index in [1.165, 1.54) is 0 Å². The molecule has 0 aliphatic heterocycles. The van der Waals surface area contributed by atoms with Crippen LogP contribution in [0.25, 0.3) is 0 Å². The Morgan fingerprint density at radius 3 is 2.82 bits per heavy atom. The van der Waals surface area contributed by atoms with Gasteiger partial charge in [-0.2, -0.15) is 0 Å². The van der Waals surface area contributed by atoms with Crippen LogP contribution in [0.15, 0.2) is 18.3 Å². The van der Waals surface area contributed by atoms with E-state index in [1.54, 1.807) is 12.3 Å². The van der Waals surface area contributed by atoms with E-state index in [2.05, 4.69) is 10.3 Å². The largest absolute Gasteiger partial charge is 0.393 e. The minimum atomic E-state index is -0.0900. The second kappa shape index (κ2) is 6.96. The van der Waals surface area contributed by atoms with Gasteiger partial charge in [-0.1, -0.05) is 12.2 Å². The summed E-state index contributed by atoms with van der Waals surface area (Å²) in [5, 5.41) is 2.83. The summed E-state index contributed by atoms with van der Waals surface area (Å²) >= 11 is 4.77. The molecule has 0 radical (unpaired) electrons. The van der Waals surface area contributed by atoms with E-state index in [4.69, 9.17) is 18.0 Å². The highest BCUT2D eigenvalue weighted by Crippen LogP contribution is 1.99. The number of carbonyl (C=O) groups excluding carboxylic acids is 1. The van der Waals surface area contributed by atoms with E-state index in [9.17, 15) is 4.79 Å². The number of pyridine rings is 1. The molecule has 0 bridgehead atoms. The highest BCUT2D eigenvalue weighted by molar-refractivity contribution is 7.80. The SMILES string of the molecule is Cc1ccc(C(=O)NCCCCC(N)=S)cn1. The monoisotopic (exact) mass is 251 g/mol. The number of unbranched alkanes of at least 4 members (excludes halogenated alkanes) is 1. The average molecular weight is 251 g/mol. The van der Waals surface area contributed by atoms with Gasteiger partial charge in [0.1, 0.15) is 0 Å². The summed E-state index contributed by atoms with van der Waals surface area (Å²) in [6.45, 7) is 2.52. The summed E-state index contributed by atoms with van der Waals surface area (Å²) in [4.78, 5) is 16.3. The fourth-order valence-electron chi connectivity index (χ4n) is 1.33. The summed E-state index contributed by atoms with van der Waals surface area (Å²) in [7, 11) is 0. The number of hydrogen-bond donors (Lipinski definition) is 2. The molecule has 0 saturated heterocycles. The first-order chi connectivity index (χ1) is 8.09. The van der Waals surface area contributed by atoms with Crippen LogP contribution in [0.4, 0.5) is 0 Å². The van der Waals surface area contributed by atoms with Crippen LogP contribution in [0.3, 0.4) is 0 Å². The van der Waals surface area contributed by atoms with Crippen LogP contribution >= 0.6 is 12.2 Å². The topological polar surface area (TPSA) is 68.0 Å². The standard InChI is InChI=1S/C12H17N3OS/c1-9-5-6-10(8-15-9)12(16)14-7-3-2-4-11(13)17/h5-6,8H,2-4,7H2,1H3,(H2,13,17)(H,14,16). The van der Waals surface area contributed by atoms with Gasteiger partial charge in [0.2, 0.25) is 0 Å². The Hall–Kier alpha value is -1.49. The number of carbonyl (C=O) groups is 1. The van der Waals surface area contributed by atoms with Gasteiger partial charge in [0, 0.05) is 18.4 Å². The van der Waals surface area contributed by atoms with Crippen LogP contribution in [0.5, 0.6) is 0 Å². The summed E-state index contributed by atoms with van der Waals surface area (Å²) < 4.78 is 0. The Morgan fingerprint density at radius 1 is 1.47 bits per heavy atom. The molecule has 0 spiro atoms. The molecule has 0 aromatic carbocycles. The number of nitrogens with zero attached hydrogens (tertiary/aromatic N) is 1. The molecule has 92 valence electrons.